The van der Waals surface area contributed by atoms with E-state index in [1.807, 2.05) is 42.5 Å². The Labute approximate surface area is 185 Å². The van der Waals surface area contributed by atoms with E-state index >= 15 is 0 Å². The Morgan fingerprint density at radius 3 is 2.81 bits per heavy atom. The smallest absolute Gasteiger partial charge is 0.255 e. The van der Waals surface area contributed by atoms with Crippen LogP contribution >= 0.6 is 0 Å². The van der Waals surface area contributed by atoms with Crippen LogP contribution in [0.3, 0.4) is 0 Å². The van der Waals surface area contributed by atoms with Gasteiger partial charge in [0.1, 0.15) is 0 Å². The van der Waals surface area contributed by atoms with E-state index in [9.17, 15) is 9.00 Å². The van der Waals surface area contributed by atoms with Gasteiger partial charge in [0.05, 0.1) is 0 Å². The summed E-state index contributed by atoms with van der Waals surface area (Å²) in [6.07, 6.45) is 6.31. The zero-order valence-electron chi connectivity index (χ0n) is 17.6. The molecule has 6 heteroatoms. The highest BCUT2D eigenvalue weighted by Crippen LogP contribution is 2.30. The summed E-state index contributed by atoms with van der Waals surface area (Å²) in [5.41, 5.74) is 6.19. The Kier molecular flexibility index (Phi) is 5.92. The van der Waals surface area contributed by atoms with Crippen molar-refractivity contribution in [2.45, 2.75) is 49.5 Å². The van der Waals surface area contributed by atoms with Crippen molar-refractivity contribution in [3.8, 4) is 0 Å². The molecule has 1 atom stereocenters. The van der Waals surface area contributed by atoms with Crippen LogP contribution in [0.25, 0.3) is 10.9 Å². The molecule has 0 radical (unpaired) electrons. The minimum Gasteiger partial charge on any atom is -0.381 e. The van der Waals surface area contributed by atoms with Crippen LogP contribution in [-0.2, 0) is 34.1 Å². The van der Waals surface area contributed by atoms with Crippen LogP contribution in [0.4, 0.5) is 5.69 Å². The van der Waals surface area contributed by atoms with Gasteiger partial charge in [0.2, 0.25) is 0 Å². The predicted octanol–water partition coefficient (Wildman–Crippen LogP) is 4.73. The summed E-state index contributed by atoms with van der Waals surface area (Å²) in [7, 11) is -0.923. The van der Waals surface area contributed by atoms with Gasteiger partial charge in [0.25, 0.3) is 5.91 Å². The summed E-state index contributed by atoms with van der Waals surface area (Å²) < 4.78 is 18.1. The van der Waals surface area contributed by atoms with E-state index in [0.29, 0.717) is 24.5 Å². The molecule has 0 saturated carbocycles. The highest BCUT2D eigenvalue weighted by molar-refractivity contribution is 7.84. The van der Waals surface area contributed by atoms with Gasteiger partial charge in [-0.3, -0.25) is 9.00 Å². The standard InChI is InChI=1S/C25H28N2O3S/c28-25(18-8-9-24-22(15-18)21-6-1-2-7-23(21)27-24)26-19-5-3-4-17(14-19)16-31(29)20-10-12-30-13-11-20/h3-5,8-9,14-15,20,27H,1-2,6-7,10-13,16H2,(H,26,28). The molecule has 5 nitrogen and oxygen atoms in total. The van der Waals surface area contributed by atoms with Gasteiger partial charge >= 0.3 is 0 Å². The Bertz CT molecular complexity index is 1130. The van der Waals surface area contributed by atoms with Gasteiger partial charge in [-0.2, -0.15) is 0 Å². The van der Waals surface area contributed by atoms with Crippen LogP contribution in [-0.4, -0.2) is 33.6 Å². The molecule has 1 unspecified atom stereocenters. The second-order valence-electron chi connectivity index (χ2n) is 8.54. The number of H-pyrrole nitrogens is 1. The molecule has 1 aromatic heterocycles. The first kappa shape index (κ1) is 20.5. The number of benzene rings is 2. The Morgan fingerprint density at radius 1 is 1.10 bits per heavy atom. The number of amides is 1. The third kappa shape index (κ3) is 4.46. The van der Waals surface area contributed by atoms with E-state index in [1.165, 1.54) is 29.5 Å². The van der Waals surface area contributed by atoms with Crippen molar-refractivity contribution in [1.82, 2.24) is 4.98 Å². The molecule has 1 aliphatic heterocycles. The second kappa shape index (κ2) is 8.97. The largest absolute Gasteiger partial charge is 0.381 e. The van der Waals surface area contributed by atoms with Gasteiger partial charge in [-0.1, -0.05) is 12.1 Å². The third-order valence-corrected chi connectivity index (χ3v) is 8.23. The summed E-state index contributed by atoms with van der Waals surface area (Å²) in [6.45, 7) is 1.39. The van der Waals surface area contributed by atoms with E-state index in [1.54, 1.807) is 0 Å². The zero-order valence-corrected chi connectivity index (χ0v) is 18.4. The molecule has 1 saturated heterocycles. The predicted molar refractivity (Wildman–Crippen MR) is 125 cm³/mol. The molecule has 31 heavy (non-hydrogen) atoms. The fraction of sp³-hybridized carbons (Fsp3) is 0.400. The molecule has 1 aliphatic carbocycles. The van der Waals surface area contributed by atoms with Crippen LogP contribution in [0.1, 0.15) is 52.9 Å². The number of rotatable bonds is 5. The number of anilines is 1. The summed E-state index contributed by atoms with van der Waals surface area (Å²) >= 11 is 0. The molecular weight excluding hydrogens is 408 g/mol. The Morgan fingerprint density at radius 2 is 1.94 bits per heavy atom. The summed E-state index contributed by atoms with van der Waals surface area (Å²) in [5.74, 6) is 0.394. The molecule has 2 aromatic carbocycles. The molecule has 2 N–H and O–H groups in total. The minimum atomic E-state index is -0.923. The van der Waals surface area contributed by atoms with Gasteiger partial charge in [-0.25, -0.2) is 0 Å². The Balaban J connectivity index is 1.30. The van der Waals surface area contributed by atoms with E-state index in [-0.39, 0.29) is 11.2 Å². The normalized spacial score (nSPS) is 17.9. The molecule has 2 heterocycles. The number of carbonyl (C=O) groups is 1. The molecule has 1 fully saturated rings. The van der Waals surface area contributed by atoms with Crippen molar-refractivity contribution in [1.29, 1.82) is 0 Å². The molecule has 1 amide bonds. The second-order valence-corrected chi connectivity index (χ2v) is 10.3. The van der Waals surface area contributed by atoms with Crippen molar-refractivity contribution >= 4 is 33.3 Å². The highest BCUT2D eigenvalue weighted by Gasteiger charge is 2.21. The minimum absolute atomic E-state index is 0.115. The number of hydrogen-bond acceptors (Lipinski definition) is 3. The molecule has 0 spiro atoms. The summed E-state index contributed by atoms with van der Waals surface area (Å²) in [4.78, 5) is 16.4. The fourth-order valence-electron chi connectivity index (χ4n) is 4.71. The molecule has 0 bridgehead atoms. The molecular formula is C25H28N2O3S. The first-order valence-electron chi connectivity index (χ1n) is 11.2. The maximum atomic E-state index is 12.9. The Hall–Kier alpha value is -2.44. The third-order valence-electron chi connectivity index (χ3n) is 6.39. The topological polar surface area (TPSA) is 71.2 Å². The van der Waals surface area contributed by atoms with Crippen molar-refractivity contribution in [2.75, 3.05) is 18.5 Å². The van der Waals surface area contributed by atoms with Crippen molar-refractivity contribution in [2.24, 2.45) is 0 Å². The molecule has 2 aliphatic rings. The molecule has 162 valence electrons. The fourth-order valence-corrected chi connectivity index (χ4v) is 6.17. The van der Waals surface area contributed by atoms with E-state index in [0.717, 1.165) is 42.5 Å². The lowest BCUT2D eigenvalue weighted by Crippen LogP contribution is -2.25. The maximum Gasteiger partial charge on any atom is 0.255 e. The van der Waals surface area contributed by atoms with Crippen molar-refractivity contribution in [3.05, 3.63) is 64.8 Å². The monoisotopic (exact) mass is 436 g/mol. The van der Waals surface area contributed by atoms with E-state index in [4.69, 9.17) is 4.74 Å². The zero-order chi connectivity index (χ0) is 21.2. The first-order chi connectivity index (χ1) is 15.2. The van der Waals surface area contributed by atoms with Crippen LogP contribution in [0.2, 0.25) is 0 Å². The number of ether oxygens (including phenoxy) is 1. The van der Waals surface area contributed by atoms with Gasteiger partial charge in [-0.05, 0) is 80.0 Å². The van der Waals surface area contributed by atoms with Crippen molar-refractivity contribution < 1.29 is 13.7 Å². The van der Waals surface area contributed by atoms with Crippen molar-refractivity contribution in [3.63, 3.8) is 0 Å². The van der Waals surface area contributed by atoms with Crippen LogP contribution in [0, 0.1) is 0 Å². The maximum absolute atomic E-state index is 12.9. The summed E-state index contributed by atoms with van der Waals surface area (Å²) in [6, 6.07) is 13.6. The lowest BCUT2D eigenvalue weighted by atomic mass is 9.95. The quantitative estimate of drug-likeness (QED) is 0.608. The van der Waals surface area contributed by atoms with E-state index < -0.39 is 10.8 Å². The number of carbonyl (C=O) groups excluding carboxylic acids is 1. The average Bonchev–Trinajstić information content (AvgIpc) is 3.18. The van der Waals surface area contributed by atoms with Crippen LogP contribution in [0.15, 0.2) is 42.5 Å². The number of hydrogen-bond donors (Lipinski definition) is 2. The molecule has 5 rings (SSSR count). The molecule has 3 aromatic rings. The lowest BCUT2D eigenvalue weighted by Gasteiger charge is -2.21. The number of nitrogens with one attached hydrogen (secondary N) is 2. The van der Waals surface area contributed by atoms with Gasteiger partial charge in [0, 0.05) is 62.9 Å². The lowest BCUT2D eigenvalue weighted by molar-refractivity contribution is 0.0991. The highest BCUT2D eigenvalue weighted by atomic mass is 32.2. The van der Waals surface area contributed by atoms with Gasteiger partial charge in [0.15, 0.2) is 0 Å². The van der Waals surface area contributed by atoms with Gasteiger partial charge < -0.3 is 15.0 Å². The first-order valence-corrected chi connectivity index (χ1v) is 12.5. The SMILES string of the molecule is O=C(Nc1cccc(CS(=O)C2CCOCC2)c1)c1ccc2[nH]c3c(c2c1)CCCC3. The summed E-state index contributed by atoms with van der Waals surface area (Å²) in [5, 5.41) is 4.39. The van der Waals surface area contributed by atoms with Crippen LogP contribution in [0.5, 0.6) is 0 Å². The number of fused-ring (bicyclic) bond motifs is 3. The van der Waals surface area contributed by atoms with E-state index in [2.05, 4.69) is 10.3 Å². The van der Waals surface area contributed by atoms with Gasteiger partial charge in [-0.15, -0.1) is 0 Å². The number of aromatic nitrogens is 1. The average molecular weight is 437 g/mol. The number of aryl methyl sites for hydroxylation is 2. The van der Waals surface area contributed by atoms with Crippen LogP contribution < -0.4 is 5.32 Å². The number of aromatic amines is 1.